The molecule has 3 amide bonds. The Morgan fingerprint density at radius 3 is 2.55 bits per heavy atom. The number of nitrogens with two attached hydrogens (primary N) is 1. The molecule has 0 aromatic heterocycles. The zero-order chi connectivity index (χ0) is 15.3. The molecular formula is C13H18ClN3O3. The van der Waals surface area contributed by atoms with E-state index < -0.39 is 18.0 Å². The first kappa shape index (κ1) is 16.3. The molecule has 110 valence electrons. The number of halogens is 1. The minimum absolute atomic E-state index is 0.294. The van der Waals surface area contributed by atoms with Crippen molar-refractivity contribution >= 4 is 23.5 Å². The Hall–Kier alpha value is -1.79. The number of imide groups is 1. The fourth-order valence-electron chi connectivity index (χ4n) is 1.50. The van der Waals surface area contributed by atoms with Gasteiger partial charge >= 0.3 is 6.03 Å². The van der Waals surface area contributed by atoms with Crippen molar-refractivity contribution in [2.24, 2.45) is 5.73 Å². The molecule has 0 spiro atoms. The third kappa shape index (κ3) is 4.40. The maximum absolute atomic E-state index is 11.7. The van der Waals surface area contributed by atoms with E-state index in [1.165, 1.54) is 14.0 Å². The highest BCUT2D eigenvalue weighted by atomic mass is 35.5. The normalized spacial score (nSPS) is 13.2. The molecule has 1 aromatic carbocycles. The second-order valence-electron chi connectivity index (χ2n) is 4.30. The van der Waals surface area contributed by atoms with Crippen LogP contribution < -0.4 is 21.1 Å². The van der Waals surface area contributed by atoms with Crippen LogP contribution in [0.3, 0.4) is 0 Å². The van der Waals surface area contributed by atoms with Crippen LogP contribution in [0.4, 0.5) is 4.79 Å². The zero-order valence-corrected chi connectivity index (χ0v) is 12.3. The molecule has 0 aliphatic carbocycles. The first-order valence-corrected chi connectivity index (χ1v) is 6.47. The van der Waals surface area contributed by atoms with Crippen molar-refractivity contribution in [3.05, 3.63) is 28.8 Å². The molecule has 1 rings (SSSR count). The van der Waals surface area contributed by atoms with Crippen LogP contribution in [-0.4, -0.2) is 25.1 Å². The Labute approximate surface area is 122 Å². The predicted molar refractivity (Wildman–Crippen MR) is 76.7 cm³/mol. The Kier molecular flexibility index (Phi) is 5.79. The third-order valence-corrected chi connectivity index (χ3v) is 2.83. The zero-order valence-electron chi connectivity index (χ0n) is 11.6. The van der Waals surface area contributed by atoms with Crippen LogP contribution in [0.1, 0.15) is 25.5 Å². The number of carbonyl (C=O) groups is 2. The van der Waals surface area contributed by atoms with Gasteiger partial charge in [-0.25, -0.2) is 4.79 Å². The standard InChI is InChI=1S/C13H18ClN3O3/c1-7(15)10-6-9(14)4-5-11(10)20-8(2)12(18)17-13(19)16-3/h4-8H,15H2,1-3H3,(H2,16,17,18,19)/t7-,8?/m1/s1. The second-order valence-corrected chi connectivity index (χ2v) is 4.74. The quantitative estimate of drug-likeness (QED) is 0.787. The van der Waals surface area contributed by atoms with Crippen molar-refractivity contribution in [1.29, 1.82) is 0 Å². The van der Waals surface area contributed by atoms with Gasteiger partial charge in [0, 0.05) is 23.7 Å². The SMILES string of the molecule is CNC(=O)NC(=O)C(C)Oc1ccc(Cl)cc1[C@@H](C)N. The van der Waals surface area contributed by atoms with Gasteiger partial charge in [0.25, 0.3) is 5.91 Å². The number of benzene rings is 1. The molecule has 6 nitrogen and oxygen atoms in total. The summed E-state index contributed by atoms with van der Waals surface area (Å²) in [6.07, 6.45) is -0.842. The van der Waals surface area contributed by atoms with Gasteiger partial charge < -0.3 is 15.8 Å². The number of ether oxygens (including phenoxy) is 1. The monoisotopic (exact) mass is 299 g/mol. The van der Waals surface area contributed by atoms with Gasteiger partial charge in [-0.3, -0.25) is 10.1 Å². The van der Waals surface area contributed by atoms with Gasteiger partial charge in [-0.15, -0.1) is 0 Å². The summed E-state index contributed by atoms with van der Waals surface area (Å²) in [6, 6.07) is 4.09. The van der Waals surface area contributed by atoms with Crippen LogP contribution in [0.2, 0.25) is 5.02 Å². The average molecular weight is 300 g/mol. The van der Waals surface area contributed by atoms with Gasteiger partial charge in [-0.1, -0.05) is 11.6 Å². The van der Waals surface area contributed by atoms with Crippen LogP contribution in [0, 0.1) is 0 Å². The Morgan fingerprint density at radius 1 is 1.35 bits per heavy atom. The first-order chi connectivity index (χ1) is 9.35. The maximum Gasteiger partial charge on any atom is 0.321 e. The minimum Gasteiger partial charge on any atom is -0.481 e. The van der Waals surface area contributed by atoms with Crippen LogP contribution in [0.15, 0.2) is 18.2 Å². The van der Waals surface area contributed by atoms with Crippen molar-refractivity contribution in [2.75, 3.05) is 7.05 Å². The summed E-state index contributed by atoms with van der Waals surface area (Å²) in [6.45, 7) is 3.33. The molecule has 0 saturated heterocycles. The second kappa shape index (κ2) is 7.12. The van der Waals surface area contributed by atoms with Crippen molar-refractivity contribution in [2.45, 2.75) is 26.0 Å². The minimum atomic E-state index is -0.842. The molecule has 0 saturated carbocycles. The van der Waals surface area contributed by atoms with E-state index in [0.29, 0.717) is 16.3 Å². The van der Waals surface area contributed by atoms with Gasteiger partial charge in [0.2, 0.25) is 0 Å². The van der Waals surface area contributed by atoms with E-state index in [1.54, 1.807) is 25.1 Å². The highest BCUT2D eigenvalue weighted by Crippen LogP contribution is 2.28. The lowest BCUT2D eigenvalue weighted by Gasteiger charge is -2.18. The Bertz CT molecular complexity index is 506. The molecule has 4 N–H and O–H groups in total. The van der Waals surface area contributed by atoms with E-state index in [-0.39, 0.29) is 6.04 Å². The molecule has 1 aromatic rings. The number of urea groups is 1. The third-order valence-electron chi connectivity index (χ3n) is 2.60. The number of carbonyl (C=O) groups excluding carboxylic acids is 2. The van der Waals surface area contributed by atoms with Crippen LogP contribution in [0.25, 0.3) is 0 Å². The lowest BCUT2D eigenvalue weighted by Crippen LogP contribution is -2.44. The number of rotatable bonds is 4. The summed E-state index contributed by atoms with van der Waals surface area (Å²) in [5.41, 5.74) is 6.53. The van der Waals surface area contributed by atoms with E-state index in [0.717, 1.165) is 0 Å². The number of hydrogen-bond donors (Lipinski definition) is 3. The summed E-state index contributed by atoms with van der Waals surface area (Å²) >= 11 is 5.90. The van der Waals surface area contributed by atoms with Gasteiger partial charge in [-0.2, -0.15) is 0 Å². The first-order valence-electron chi connectivity index (χ1n) is 6.09. The van der Waals surface area contributed by atoms with E-state index in [9.17, 15) is 9.59 Å². The van der Waals surface area contributed by atoms with Crippen LogP contribution in [-0.2, 0) is 4.79 Å². The average Bonchev–Trinajstić information content (AvgIpc) is 2.40. The number of hydrogen-bond acceptors (Lipinski definition) is 4. The molecule has 0 radical (unpaired) electrons. The summed E-state index contributed by atoms with van der Waals surface area (Å²) < 4.78 is 5.54. The van der Waals surface area contributed by atoms with Crippen molar-refractivity contribution in [1.82, 2.24) is 10.6 Å². The number of nitrogens with one attached hydrogen (secondary N) is 2. The molecule has 7 heteroatoms. The highest BCUT2D eigenvalue weighted by Gasteiger charge is 2.19. The van der Waals surface area contributed by atoms with E-state index >= 15 is 0 Å². The highest BCUT2D eigenvalue weighted by molar-refractivity contribution is 6.30. The largest absolute Gasteiger partial charge is 0.481 e. The molecular weight excluding hydrogens is 282 g/mol. The molecule has 20 heavy (non-hydrogen) atoms. The van der Waals surface area contributed by atoms with E-state index in [4.69, 9.17) is 22.1 Å². The summed E-state index contributed by atoms with van der Waals surface area (Å²) in [4.78, 5) is 22.8. The van der Waals surface area contributed by atoms with Crippen molar-refractivity contribution in [3.63, 3.8) is 0 Å². The van der Waals surface area contributed by atoms with Gasteiger partial charge in [0.15, 0.2) is 6.10 Å². The smallest absolute Gasteiger partial charge is 0.321 e. The van der Waals surface area contributed by atoms with Gasteiger partial charge in [0.05, 0.1) is 0 Å². The van der Waals surface area contributed by atoms with Gasteiger partial charge in [-0.05, 0) is 32.0 Å². The molecule has 0 aliphatic heterocycles. The van der Waals surface area contributed by atoms with Gasteiger partial charge in [0.1, 0.15) is 5.75 Å². The molecule has 0 heterocycles. The summed E-state index contributed by atoms with van der Waals surface area (Å²) in [5, 5.41) is 4.96. The molecule has 1 unspecified atom stereocenters. The molecule has 0 aliphatic rings. The molecule has 0 bridgehead atoms. The Balaban J connectivity index is 2.82. The predicted octanol–water partition coefficient (Wildman–Crippen LogP) is 1.58. The van der Waals surface area contributed by atoms with Crippen LogP contribution in [0.5, 0.6) is 5.75 Å². The van der Waals surface area contributed by atoms with Crippen molar-refractivity contribution in [3.8, 4) is 5.75 Å². The number of amides is 3. The summed E-state index contributed by atoms with van der Waals surface area (Å²) in [5.74, 6) is -0.0844. The fraction of sp³-hybridized carbons (Fsp3) is 0.385. The fourth-order valence-corrected chi connectivity index (χ4v) is 1.68. The summed E-state index contributed by atoms with van der Waals surface area (Å²) in [7, 11) is 1.42. The lowest BCUT2D eigenvalue weighted by molar-refractivity contribution is -0.126. The Morgan fingerprint density at radius 2 is 2.00 bits per heavy atom. The van der Waals surface area contributed by atoms with E-state index in [1.807, 2.05) is 0 Å². The molecule has 2 atom stereocenters. The molecule has 0 fully saturated rings. The lowest BCUT2D eigenvalue weighted by atomic mass is 10.1. The van der Waals surface area contributed by atoms with Crippen LogP contribution >= 0.6 is 11.6 Å². The van der Waals surface area contributed by atoms with E-state index in [2.05, 4.69) is 10.6 Å². The topological polar surface area (TPSA) is 93.5 Å². The maximum atomic E-state index is 11.7. The van der Waals surface area contributed by atoms with Crippen molar-refractivity contribution < 1.29 is 14.3 Å².